The smallest absolute Gasteiger partial charge is 0.411 e. The second-order valence-corrected chi connectivity index (χ2v) is 4.29. The average Bonchev–Trinajstić information content (AvgIpc) is 2.24. The predicted octanol–water partition coefficient (Wildman–Crippen LogP) is 4.10. The molecule has 1 aromatic carbocycles. The van der Waals surface area contributed by atoms with Gasteiger partial charge in [-0.15, -0.1) is 11.6 Å². The molecule has 0 radical (unpaired) electrons. The average molecular weight is 334 g/mol. The Balaban J connectivity index is 2.46. The molecule has 0 aromatic heterocycles. The van der Waals surface area contributed by atoms with Crippen LogP contribution < -0.4 is 4.74 Å². The second kappa shape index (κ2) is 6.47. The van der Waals surface area contributed by atoms with Gasteiger partial charge in [-0.3, -0.25) is 0 Å². The van der Waals surface area contributed by atoms with Gasteiger partial charge >= 0.3 is 6.18 Å². The first-order chi connectivity index (χ1) is 7.92. The van der Waals surface area contributed by atoms with Crippen molar-refractivity contribution in [1.82, 2.24) is 0 Å². The Kier molecular flexibility index (Phi) is 5.55. The summed E-state index contributed by atoms with van der Waals surface area (Å²) in [6.45, 7) is -1.80. The Labute approximate surface area is 110 Å². The van der Waals surface area contributed by atoms with Crippen molar-refractivity contribution < 1.29 is 22.6 Å². The van der Waals surface area contributed by atoms with Crippen LogP contribution in [0.5, 0.6) is 5.75 Å². The van der Waals surface area contributed by atoms with Gasteiger partial charge in [-0.25, -0.2) is 0 Å². The quantitative estimate of drug-likeness (QED) is 0.459. The topological polar surface area (TPSA) is 18.5 Å². The van der Waals surface area contributed by atoms with Gasteiger partial charge in [0, 0.05) is 10.0 Å². The van der Waals surface area contributed by atoms with E-state index in [-0.39, 0.29) is 5.88 Å². The predicted molar refractivity (Wildman–Crippen MR) is 61.2 cm³/mol. The standard InChI is InChI=1S/C10H9BrClF3O2/c11-8-1-2-9(7(3-8)4-12)17-6-16-5-10(13,14)15/h1-3H,4-6H2. The highest BCUT2D eigenvalue weighted by Gasteiger charge is 2.27. The van der Waals surface area contributed by atoms with Crippen LogP contribution in [0.25, 0.3) is 0 Å². The Bertz CT molecular complexity index is 371. The molecule has 0 atom stereocenters. The summed E-state index contributed by atoms with van der Waals surface area (Å²) in [5, 5.41) is 0. The van der Waals surface area contributed by atoms with E-state index in [9.17, 15) is 13.2 Å². The van der Waals surface area contributed by atoms with Crippen LogP contribution in [0.3, 0.4) is 0 Å². The Hall–Kier alpha value is -0.460. The first-order valence-electron chi connectivity index (χ1n) is 4.54. The van der Waals surface area contributed by atoms with Gasteiger partial charge in [0.15, 0.2) is 6.79 Å². The van der Waals surface area contributed by atoms with Crippen LogP contribution in [0, 0.1) is 0 Å². The molecule has 17 heavy (non-hydrogen) atoms. The van der Waals surface area contributed by atoms with E-state index in [1.807, 2.05) is 0 Å². The number of rotatable bonds is 5. The van der Waals surface area contributed by atoms with E-state index in [0.29, 0.717) is 11.3 Å². The highest BCUT2D eigenvalue weighted by molar-refractivity contribution is 9.10. The molecule has 96 valence electrons. The highest BCUT2D eigenvalue weighted by atomic mass is 79.9. The molecule has 0 saturated carbocycles. The monoisotopic (exact) mass is 332 g/mol. The van der Waals surface area contributed by atoms with Crippen molar-refractivity contribution in [3.8, 4) is 5.75 Å². The van der Waals surface area contributed by atoms with Gasteiger partial charge in [0.25, 0.3) is 0 Å². The van der Waals surface area contributed by atoms with Crippen LogP contribution in [0.15, 0.2) is 22.7 Å². The Morgan fingerprint density at radius 3 is 2.59 bits per heavy atom. The Morgan fingerprint density at radius 1 is 1.29 bits per heavy atom. The van der Waals surface area contributed by atoms with Crippen LogP contribution in [-0.2, 0) is 10.6 Å². The molecule has 0 aliphatic heterocycles. The van der Waals surface area contributed by atoms with E-state index in [1.54, 1.807) is 18.2 Å². The minimum Gasteiger partial charge on any atom is -0.467 e. The fraction of sp³-hybridized carbons (Fsp3) is 0.400. The lowest BCUT2D eigenvalue weighted by atomic mass is 10.2. The number of hydrogen-bond donors (Lipinski definition) is 0. The van der Waals surface area contributed by atoms with E-state index in [4.69, 9.17) is 16.3 Å². The fourth-order valence-electron chi connectivity index (χ4n) is 1.06. The molecular weight excluding hydrogens is 324 g/mol. The van der Waals surface area contributed by atoms with Crippen molar-refractivity contribution in [2.45, 2.75) is 12.1 Å². The molecule has 0 spiro atoms. The van der Waals surface area contributed by atoms with Crippen molar-refractivity contribution in [2.75, 3.05) is 13.4 Å². The first-order valence-corrected chi connectivity index (χ1v) is 5.87. The van der Waals surface area contributed by atoms with Gasteiger partial charge in [-0.05, 0) is 18.2 Å². The van der Waals surface area contributed by atoms with Crippen molar-refractivity contribution in [3.63, 3.8) is 0 Å². The molecule has 0 heterocycles. The summed E-state index contributed by atoms with van der Waals surface area (Å²) in [6.07, 6.45) is -4.35. The third-order valence-electron chi connectivity index (χ3n) is 1.73. The van der Waals surface area contributed by atoms with E-state index in [2.05, 4.69) is 20.7 Å². The zero-order valence-electron chi connectivity index (χ0n) is 8.56. The highest BCUT2D eigenvalue weighted by Crippen LogP contribution is 2.25. The molecule has 0 unspecified atom stereocenters. The number of benzene rings is 1. The summed E-state index contributed by atoms with van der Waals surface area (Å²) in [6, 6.07) is 5.04. The van der Waals surface area contributed by atoms with Crippen molar-refractivity contribution in [3.05, 3.63) is 28.2 Å². The maximum absolute atomic E-state index is 11.8. The van der Waals surface area contributed by atoms with Crippen LogP contribution >= 0.6 is 27.5 Å². The molecule has 0 N–H and O–H groups in total. The van der Waals surface area contributed by atoms with E-state index < -0.39 is 19.6 Å². The Morgan fingerprint density at radius 2 is 2.00 bits per heavy atom. The molecule has 1 rings (SSSR count). The van der Waals surface area contributed by atoms with E-state index in [0.717, 1.165) is 4.47 Å². The number of hydrogen-bond acceptors (Lipinski definition) is 2. The summed E-state index contributed by atoms with van der Waals surface area (Å²) >= 11 is 8.92. The maximum Gasteiger partial charge on any atom is 0.411 e. The minimum atomic E-state index is -4.35. The molecular formula is C10H9BrClF3O2. The largest absolute Gasteiger partial charge is 0.467 e. The summed E-state index contributed by atoms with van der Waals surface area (Å²) in [4.78, 5) is 0. The van der Waals surface area contributed by atoms with Crippen molar-refractivity contribution >= 4 is 27.5 Å². The van der Waals surface area contributed by atoms with Crippen molar-refractivity contribution in [1.29, 1.82) is 0 Å². The number of ether oxygens (including phenoxy) is 2. The van der Waals surface area contributed by atoms with Gasteiger partial charge in [0.1, 0.15) is 12.4 Å². The van der Waals surface area contributed by atoms with Crippen LogP contribution in [0.2, 0.25) is 0 Å². The number of alkyl halides is 4. The minimum absolute atomic E-state index is 0.202. The molecule has 1 aromatic rings. The second-order valence-electron chi connectivity index (χ2n) is 3.11. The molecule has 2 nitrogen and oxygen atoms in total. The van der Waals surface area contributed by atoms with Crippen LogP contribution in [0.1, 0.15) is 5.56 Å². The summed E-state index contributed by atoms with van der Waals surface area (Å²) in [5.74, 6) is 0.610. The number of halogens is 5. The third kappa shape index (κ3) is 5.61. The van der Waals surface area contributed by atoms with Gasteiger partial charge in [0.2, 0.25) is 0 Å². The maximum atomic E-state index is 11.8. The van der Waals surface area contributed by atoms with Crippen molar-refractivity contribution in [2.24, 2.45) is 0 Å². The zero-order chi connectivity index (χ0) is 12.9. The molecule has 0 saturated heterocycles. The molecule has 7 heteroatoms. The molecule has 0 aliphatic carbocycles. The molecule has 0 fully saturated rings. The molecule has 0 aliphatic rings. The summed E-state index contributed by atoms with van der Waals surface area (Å²) in [7, 11) is 0. The van der Waals surface area contributed by atoms with E-state index >= 15 is 0 Å². The van der Waals surface area contributed by atoms with Gasteiger partial charge in [-0.2, -0.15) is 13.2 Å². The van der Waals surface area contributed by atoms with Gasteiger partial charge in [0.05, 0.1) is 5.88 Å². The fourth-order valence-corrected chi connectivity index (χ4v) is 1.67. The lowest BCUT2D eigenvalue weighted by Gasteiger charge is -2.11. The lowest BCUT2D eigenvalue weighted by Crippen LogP contribution is -2.19. The molecule has 0 bridgehead atoms. The first kappa shape index (κ1) is 14.6. The summed E-state index contributed by atoms with van der Waals surface area (Å²) in [5.41, 5.74) is 0.677. The summed E-state index contributed by atoms with van der Waals surface area (Å²) < 4.78 is 45.5. The normalized spacial score (nSPS) is 11.6. The van der Waals surface area contributed by atoms with Gasteiger partial charge in [-0.1, -0.05) is 15.9 Å². The zero-order valence-corrected chi connectivity index (χ0v) is 10.9. The van der Waals surface area contributed by atoms with E-state index in [1.165, 1.54) is 0 Å². The van der Waals surface area contributed by atoms with Crippen LogP contribution in [0.4, 0.5) is 13.2 Å². The molecule has 0 amide bonds. The SMILES string of the molecule is FC(F)(F)COCOc1ccc(Br)cc1CCl. The third-order valence-corrected chi connectivity index (χ3v) is 2.51. The van der Waals surface area contributed by atoms with Crippen LogP contribution in [-0.4, -0.2) is 19.6 Å². The lowest BCUT2D eigenvalue weighted by molar-refractivity contribution is -0.186. The van der Waals surface area contributed by atoms with Gasteiger partial charge < -0.3 is 9.47 Å².